The summed E-state index contributed by atoms with van der Waals surface area (Å²) in [5.74, 6) is 0. The van der Waals surface area contributed by atoms with Crippen molar-refractivity contribution in [1.82, 2.24) is 0 Å². The number of aliphatic hydroxyl groups is 2. The van der Waals surface area contributed by atoms with Crippen LogP contribution in [0.3, 0.4) is 0 Å². The van der Waals surface area contributed by atoms with Gasteiger partial charge in [0.05, 0.1) is 11.7 Å². The molecule has 2 N–H and O–H groups in total. The zero-order chi connectivity index (χ0) is 8.77. The number of methoxy groups -OCH3 is 1. The molecule has 0 unspecified atom stereocenters. The molecule has 0 aromatic carbocycles. The van der Waals surface area contributed by atoms with Crippen LogP contribution in [0.5, 0.6) is 0 Å². The van der Waals surface area contributed by atoms with E-state index in [4.69, 9.17) is 9.47 Å². The maximum Gasteiger partial charge on any atom is 0.160 e. The van der Waals surface area contributed by atoms with Gasteiger partial charge >= 0.3 is 0 Å². The monoisotopic (exact) mass is 174 g/mol. The van der Waals surface area contributed by atoms with Crippen LogP contribution in [0, 0.1) is 0 Å². The minimum Gasteiger partial charge on any atom is -0.390 e. The van der Waals surface area contributed by atoms with Crippen molar-refractivity contribution in [2.45, 2.75) is 43.4 Å². The Labute approximate surface area is 71.1 Å². The lowest BCUT2D eigenvalue weighted by molar-refractivity contribution is -0.142. The van der Waals surface area contributed by atoms with Gasteiger partial charge in [0, 0.05) is 13.5 Å². The van der Waals surface area contributed by atoms with Gasteiger partial charge in [-0.2, -0.15) is 0 Å². The van der Waals surface area contributed by atoms with E-state index in [0.29, 0.717) is 19.3 Å². The standard InChI is InChI=1S/C8H14O4/c1-11-6-4-8(10)3-2-5(9)7(8)12-6/h5-7,9-10H,2-4H2,1H3/t5-,6-,7-,8+/m1/s1. The largest absolute Gasteiger partial charge is 0.390 e. The quantitative estimate of drug-likeness (QED) is 0.569. The van der Waals surface area contributed by atoms with Gasteiger partial charge in [0.25, 0.3) is 0 Å². The van der Waals surface area contributed by atoms with Crippen LogP contribution in [0.4, 0.5) is 0 Å². The van der Waals surface area contributed by atoms with E-state index in [1.807, 2.05) is 0 Å². The Morgan fingerprint density at radius 1 is 1.58 bits per heavy atom. The fourth-order valence-corrected chi connectivity index (χ4v) is 2.12. The number of fused-ring (bicyclic) bond motifs is 1. The van der Waals surface area contributed by atoms with Crippen LogP contribution in [-0.2, 0) is 9.47 Å². The molecule has 0 spiro atoms. The van der Waals surface area contributed by atoms with Crippen LogP contribution in [-0.4, -0.2) is 41.4 Å². The number of hydrogen-bond acceptors (Lipinski definition) is 4. The maximum atomic E-state index is 9.94. The van der Waals surface area contributed by atoms with Crippen molar-refractivity contribution in [2.75, 3.05) is 7.11 Å². The maximum absolute atomic E-state index is 9.94. The number of hydrogen-bond donors (Lipinski definition) is 2. The molecule has 70 valence electrons. The van der Waals surface area contributed by atoms with Crippen LogP contribution >= 0.6 is 0 Å². The molecule has 1 heterocycles. The molecule has 1 saturated carbocycles. The SMILES string of the molecule is CO[C@H]1C[C@@]2(O)CC[C@@H](O)[C@H]2O1. The summed E-state index contributed by atoms with van der Waals surface area (Å²) in [4.78, 5) is 0. The van der Waals surface area contributed by atoms with Crippen molar-refractivity contribution >= 4 is 0 Å². The fraction of sp³-hybridized carbons (Fsp3) is 1.00. The first kappa shape index (κ1) is 8.44. The zero-order valence-electron chi connectivity index (χ0n) is 7.06. The van der Waals surface area contributed by atoms with E-state index >= 15 is 0 Å². The van der Waals surface area contributed by atoms with Gasteiger partial charge in [-0.25, -0.2) is 0 Å². The first-order valence-corrected chi connectivity index (χ1v) is 4.24. The second kappa shape index (κ2) is 2.67. The Kier molecular flexibility index (Phi) is 1.88. The summed E-state index contributed by atoms with van der Waals surface area (Å²) in [6.07, 6.45) is 0.383. The van der Waals surface area contributed by atoms with E-state index in [2.05, 4.69) is 0 Å². The van der Waals surface area contributed by atoms with Crippen LogP contribution in [0.2, 0.25) is 0 Å². The van der Waals surface area contributed by atoms with Gasteiger partial charge in [-0.1, -0.05) is 0 Å². The third-order valence-corrected chi connectivity index (χ3v) is 2.83. The lowest BCUT2D eigenvalue weighted by Gasteiger charge is -2.20. The normalized spacial score (nSPS) is 52.8. The molecule has 0 amide bonds. The molecule has 1 saturated heterocycles. The Morgan fingerprint density at radius 2 is 2.33 bits per heavy atom. The first-order chi connectivity index (χ1) is 5.65. The fourth-order valence-electron chi connectivity index (χ4n) is 2.12. The summed E-state index contributed by atoms with van der Waals surface area (Å²) < 4.78 is 10.3. The van der Waals surface area contributed by atoms with Crippen molar-refractivity contribution in [3.8, 4) is 0 Å². The lowest BCUT2D eigenvalue weighted by Crippen LogP contribution is -2.37. The lowest BCUT2D eigenvalue weighted by atomic mass is 9.98. The van der Waals surface area contributed by atoms with E-state index in [-0.39, 0.29) is 6.29 Å². The molecule has 2 aliphatic rings. The summed E-state index contributed by atoms with van der Waals surface area (Å²) in [7, 11) is 1.54. The highest BCUT2D eigenvalue weighted by Crippen LogP contribution is 2.42. The van der Waals surface area contributed by atoms with Crippen molar-refractivity contribution in [2.24, 2.45) is 0 Å². The highest BCUT2D eigenvalue weighted by atomic mass is 16.7. The molecule has 0 bridgehead atoms. The average Bonchev–Trinajstić information content (AvgIpc) is 2.50. The van der Waals surface area contributed by atoms with Gasteiger partial charge < -0.3 is 19.7 Å². The van der Waals surface area contributed by atoms with Crippen LogP contribution in [0.1, 0.15) is 19.3 Å². The average molecular weight is 174 g/mol. The van der Waals surface area contributed by atoms with Crippen LogP contribution in [0.25, 0.3) is 0 Å². The van der Waals surface area contributed by atoms with Crippen LogP contribution < -0.4 is 0 Å². The molecule has 2 fully saturated rings. The Balaban J connectivity index is 2.11. The minimum absolute atomic E-state index is 0.352. The summed E-state index contributed by atoms with van der Waals surface area (Å²) >= 11 is 0. The summed E-state index contributed by atoms with van der Waals surface area (Å²) in [5, 5.41) is 19.4. The van der Waals surface area contributed by atoms with Crippen molar-refractivity contribution in [3.05, 3.63) is 0 Å². The Bertz CT molecular complexity index is 184. The molecule has 0 aromatic heterocycles. The second-order valence-corrected chi connectivity index (χ2v) is 3.64. The zero-order valence-corrected chi connectivity index (χ0v) is 7.06. The summed E-state index contributed by atoms with van der Waals surface area (Å²) in [5.41, 5.74) is -0.847. The topological polar surface area (TPSA) is 58.9 Å². The molecule has 4 heteroatoms. The number of aliphatic hydroxyl groups excluding tert-OH is 1. The van der Waals surface area contributed by atoms with Gasteiger partial charge in [-0.3, -0.25) is 0 Å². The molecule has 4 atom stereocenters. The summed E-state index contributed by atoms with van der Waals surface area (Å²) in [6.45, 7) is 0. The van der Waals surface area contributed by atoms with E-state index in [9.17, 15) is 10.2 Å². The molecule has 1 aliphatic heterocycles. The van der Waals surface area contributed by atoms with Crippen molar-refractivity contribution in [3.63, 3.8) is 0 Å². The Morgan fingerprint density at radius 3 is 2.92 bits per heavy atom. The van der Waals surface area contributed by atoms with Crippen molar-refractivity contribution < 1.29 is 19.7 Å². The molecule has 0 radical (unpaired) electrons. The van der Waals surface area contributed by atoms with Crippen molar-refractivity contribution in [1.29, 1.82) is 0 Å². The van der Waals surface area contributed by atoms with Gasteiger partial charge in [-0.15, -0.1) is 0 Å². The number of ether oxygens (including phenoxy) is 2. The molecular formula is C8H14O4. The van der Waals surface area contributed by atoms with Crippen LogP contribution in [0.15, 0.2) is 0 Å². The molecule has 1 aliphatic carbocycles. The molecular weight excluding hydrogens is 160 g/mol. The van der Waals surface area contributed by atoms with E-state index in [1.165, 1.54) is 0 Å². The minimum atomic E-state index is -0.847. The third-order valence-electron chi connectivity index (χ3n) is 2.83. The van der Waals surface area contributed by atoms with Gasteiger partial charge in [0.2, 0.25) is 0 Å². The highest BCUT2D eigenvalue weighted by molar-refractivity contribution is 5.03. The third kappa shape index (κ3) is 1.07. The highest BCUT2D eigenvalue weighted by Gasteiger charge is 2.54. The smallest absolute Gasteiger partial charge is 0.160 e. The molecule has 4 nitrogen and oxygen atoms in total. The molecule has 0 aromatic rings. The summed E-state index contributed by atoms with van der Waals surface area (Å²) in [6, 6.07) is 0. The van der Waals surface area contributed by atoms with E-state index < -0.39 is 17.8 Å². The number of rotatable bonds is 1. The van der Waals surface area contributed by atoms with E-state index in [1.54, 1.807) is 7.11 Å². The first-order valence-electron chi connectivity index (χ1n) is 4.24. The Hall–Kier alpha value is -0.160. The van der Waals surface area contributed by atoms with Gasteiger partial charge in [-0.05, 0) is 12.8 Å². The van der Waals surface area contributed by atoms with Gasteiger partial charge in [0.1, 0.15) is 6.10 Å². The molecule has 12 heavy (non-hydrogen) atoms. The van der Waals surface area contributed by atoms with E-state index in [0.717, 1.165) is 0 Å². The second-order valence-electron chi connectivity index (χ2n) is 3.64. The predicted molar refractivity (Wildman–Crippen MR) is 40.5 cm³/mol. The van der Waals surface area contributed by atoms with Gasteiger partial charge in [0.15, 0.2) is 6.29 Å². The molecule has 2 rings (SSSR count). The predicted octanol–water partition coefficient (Wildman–Crippen LogP) is -0.366.